The van der Waals surface area contributed by atoms with Gasteiger partial charge in [0, 0.05) is 5.02 Å². The minimum atomic E-state index is -4.10. The van der Waals surface area contributed by atoms with Gasteiger partial charge >= 0.3 is 0 Å². The fourth-order valence-electron chi connectivity index (χ4n) is 4.01. The van der Waals surface area contributed by atoms with Crippen molar-refractivity contribution in [3.05, 3.63) is 125 Å². The van der Waals surface area contributed by atoms with E-state index in [1.54, 1.807) is 30.3 Å². The maximum absolute atomic E-state index is 13.7. The first-order valence-corrected chi connectivity index (χ1v) is 13.4. The largest absolute Gasteiger partial charge is 0.497 e. The number of ether oxygens (including phenoxy) is 1. The number of rotatable bonds is 9. The van der Waals surface area contributed by atoms with Gasteiger partial charge in [0.05, 0.1) is 23.7 Å². The zero-order valence-electron chi connectivity index (χ0n) is 20.5. The molecule has 0 heterocycles. The van der Waals surface area contributed by atoms with E-state index in [2.05, 4.69) is 5.32 Å². The van der Waals surface area contributed by atoms with E-state index in [0.29, 0.717) is 10.8 Å². The molecule has 8 heteroatoms. The number of halogens is 1. The zero-order valence-corrected chi connectivity index (χ0v) is 22.0. The molecule has 0 saturated carbocycles. The number of amides is 1. The molecule has 6 nitrogen and oxygen atoms in total. The normalized spacial score (nSPS) is 12.0. The number of nitrogens with zero attached hydrogens (tertiary/aromatic N) is 1. The molecule has 1 amide bonds. The van der Waals surface area contributed by atoms with Gasteiger partial charge in [0.1, 0.15) is 12.3 Å². The van der Waals surface area contributed by atoms with Crippen LogP contribution < -0.4 is 14.4 Å². The molecule has 0 bridgehead atoms. The van der Waals surface area contributed by atoms with Crippen LogP contribution in [-0.2, 0) is 14.8 Å². The number of hydrogen-bond donors (Lipinski definition) is 1. The average molecular weight is 535 g/mol. The second-order valence-corrected chi connectivity index (χ2v) is 10.8. The minimum Gasteiger partial charge on any atom is -0.497 e. The van der Waals surface area contributed by atoms with Crippen molar-refractivity contribution in [3.8, 4) is 5.75 Å². The standard InChI is InChI=1S/C29H27ClN2O4S/c1-21-8-6-11-23(18-21)29(22-9-4-3-5-10-22)31-28(33)20-32(25-13-7-12-24(30)19-25)37(34,35)27-16-14-26(36-2)15-17-27/h3-19,29H,20H2,1-2H3,(H,31,33). The third-order valence-corrected chi connectivity index (χ3v) is 7.87. The van der Waals surface area contributed by atoms with Gasteiger partial charge in [-0.25, -0.2) is 8.42 Å². The molecule has 1 unspecified atom stereocenters. The molecule has 0 fully saturated rings. The Morgan fingerprint density at radius 2 is 1.57 bits per heavy atom. The number of benzene rings is 4. The second kappa shape index (κ2) is 11.5. The van der Waals surface area contributed by atoms with Gasteiger partial charge in [0.15, 0.2) is 0 Å². The van der Waals surface area contributed by atoms with E-state index in [1.165, 1.54) is 25.3 Å². The lowest BCUT2D eigenvalue weighted by atomic mass is 9.97. The highest BCUT2D eigenvalue weighted by Crippen LogP contribution is 2.28. The van der Waals surface area contributed by atoms with Crippen LogP contribution in [-0.4, -0.2) is 28.0 Å². The van der Waals surface area contributed by atoms with Crippen LogP contribution in [0, 0.1) is 6.92 Å². The molecule has 37 heavy (non-hydrogen) atoms. The SMILES string of the molecule is COc1ccc(S(=O)(=O)N(CC(=O)NC(c2ccccc2)c2cccc(C)c2)c2cccc(Cl)c2)cc1. The highest BCUT2D eigenvalue weighted by Gasteiger charge is 2.29. The lowest BCUT2D eigenvalue weighted by molar-refractivity contribution is -0.120. The third kappa shape index (κ3) is 6.31. The molecule has 190 valence electrons. The van der Waals surface area contributed by atoms with Crippen molar-refractivity contribution in [1.82, 2.24) is 5.32 Å². The van der Waals surface area contributed by atoms with Gasteiger partial charge in [0.25, 0.3) is 10.0 Å². The van der Waals surface area contributed by atoms with Crippen LogP contribution in [0.25, 0.3) is 0 Å². The summed E-state index contributed by atoms with van der Waals surface area (Å²) in [4.78, 5) is 13.5. The van der Waals surface area contributed by atoms with Crippen molar-refractivity contribution in [3.63, 3.8) is 0 Å². The Morgan fingerprint density at radius 3 is 2.22 bits per heavy atom. The molecule has 0 aliphatic heterocycles. The molecule has 1 N–H and O–H groups in total. The van der Waals surface area contributed by atoms with E-state index in [4.69, 9.17) is 16.3 Å². The first-order valence-electron chi connectivity index (χ1n) is 11.6. The van der Waals surface area contributed by atoms with Gasteiger partial charge in [-0.2, -0.15) is 0 Å². The molecule has 1 atom stereocenters. The number of sulfonamides is 1. The third-order valence-electron chi connectivity index (χ3n) is 5.84. The van der Waals surface area contributed by atoms with Crippen molar-refractivity contribution in [2.24, 2.45) is 0 Å². The molecule has 0 saturated heterocycles. The summed E-state index contributed by atoms with van der Waals surface area (Å²) in [5, 5.41) is 3.39. The molecular formula is C29H27ClN2O4S. The summed E-state index contributed by atoms with van der Waals surface area (Å²) in [5.74, 6) is 0.0577. The molecule has 0 radical (unpaired) electrons. The second-order valence-electron chi connectivity index (χ2n) is 8.49. The van der Waals surface area contributed by atoms with Gasteiger partial charge in [-0.15, -0.1) is 0 Å². The Bertz CT molecular complexity index is 1480. The molecule has 4 aromatic carbocycles. The molecule has 0 aliphatic rings. The summed E-state index contributed by atoms with van der Waals surface area (Å²) in [7, 11) is -2.60. The van der Waals surface area contributed by atoms with Crippen LogP contribution in [0.5, 0.6) is 5.75 Å². The lowest BCUT2D eigenvalue weighted by Crippen LogP contribution is -2.42. The van der Waals surface area contributed by atoms with Crippen molar-refractivity contribution in [2.45, 2.75) is 17.9 Å². The monoisotopic (exact) mass is 534 g/mol. The smallest absolute Gasteiger partial charge is 0.264 e. The van der Waals surface area contributed by atoms with E-state index in [-0.39, 0.29) is 10.6 Å². The predicted octanol–water partition coefficient (Wildman–Crippen LogP) is 5.76. The maximum atomic E-state index is 13.7. The summed E-state index contributed by atoms with van der Waals surface area (Å²) in [6.45, 7) is 1.54. The molecule has 0 aliphatic carbocycles. The summed E-state index contributed by atoms with van der Waals surface area (Å²) >= 11 is 6.18. The Morgan fingerprint density at radius 1 is 0.892 bits per heavy atom. The van der Waals surface area contributed by atoms with Crippen molar-refractivity contribution in [1.29, 1.82) is 0 Å². The van der Waals surface area contributed by atoms with Crippen molar-refractivity contribution in [2.75, 3.05) is 18.0 Å². The molecule has 4 rings (SSSR count). The summed E-state index contributed by atoms with van der Waals surface area (Å²) < 4.78 is 33.6. The molecule has 0 aromatic heterocycles. The number of carbonyl (C=O) groups excluding carboxylic acids is 1. The van der Waals surface area contributed by atoms with Gasteiger partial charge in [-0.05, 0) is 60.5 Å². The topological polar surface area (TPSA) is 75.7 Å². The first-order chi connectivity index (χ1) is 17.8. The van der Waals surface area contributed by atoms with E-state index in [0.717, 1.165) is 21.0 Å². The van der Waals surface area contributed by atoms with E-state index in [1.807, 2.05) is 61.5 Å². The molecule has 0 spiro atoms. The summed E-state index contributed by atoms with van der Waals surface area (Å²) in [6, 6.07) is 29.4. The van der Waals surface area contributed by atoms with Crippen LogP contribution in [0.15, 0.2) is 108 Å². The van der Waals surface area contributed by atoms with Crippen LogP contribution in [0.3, 0.4) is 0 Å². The quantitative estimate of drug-likeness (QED) is 0.296. The van der Waals surface area contributed by atoms with E-state index in [9.17, 15) is 13.2 Å². The Kier molecular flexibility index (Phi) is 8.16. The predicted molar refractivity (Wildman–Crippen MR) is 147 cm³/mol. The van der Waals surface area contributed by atoms with E-state index < -0.39 is 28.5 Å². The fourth-order valence-corrected chi connectivity index (χ4v) is 5.61. The van der Waals surface area contributed by atoms with E-state index >= 15 is 0 Å². The number of anilines is 1. The lowest BCUT2D eigenvalue weighted by Gasteiger charge is -2.26. The minimum absolute atomic E-state index is 0.0272. The van der Waals surface area contributed by atoms with Gasteiger partial charge in [-0.1, -0.05) is 77.8 Å². The van der Waals surface area contributed by atoms with Gasteiger partial charge < -0.3 is 10.1 Å². The van der Waals surface area contributed by atoms with Gasteiger partial charge in [0.2, 0.25) is 5.91 Å². The average Bonchev–Trinajstić information content (AvgIpc) is 2.91. The van der Waals surface area contributed by atoms with Crippen LogP contribution >= 0.6 is 11.6 Å². The number of methoxy groups -OCH3 is 1. The summed E-state index contributed by atoms with van der Waals surface area (Å²) in [5.41, 5.74) is 3.11. The zero-order chi connectivity index (χ0) is 26.4. The van der Waals surface area contributed by atoms with Crippen molar-refractivity contribution >= 4 is 33.2 Å². The number of hydrogen-bond acceptors (Lipinski definition) is 4. The first kappa shape index (κ1) is 26.3. The fraction of sp³-hybridized carbons (Fsp3) is 0.138. The van der Waals surface area contributed by atoms with Crippen LogP contribution in [0.1, 0.15) is 22.7 Å². The Balaban J connectivity index is 1.69. The Labute approximate surface area is 222 Å². The molecular weight excluding hydrogens is 508 g/mol. The summed E-state index contributed by atoms with van der Waals surface area (Å²) in [6.07, 6.45) is 0. The number of carbonyl (C=O) groups is 1. The van der Waals surface area contributed by atoms with Crippen LogP contribution in [0.2, 0.25) is 5.02 Å². The number of aryl methyl sites for hydroxylation is 1. The van der Waals surface area contributed by atoms with Crippen LogP contribution in [0.4, 0.5) is 5.69 Å². The number of nitrogens with one attached hydrogen (secondary N) is 1. The highest BCUT2D eigenvalue weighted by atomic mass is 35.5. The highest BCUT2D eigenvalue weighted by molar-refractivity contribution is 7.92. The van der Waals surface area contributed by atoms with Gasteiger partial charge in [-0.3, -0.25) is 9.10 Å². The Hall–Kier alpha value is -3.81. The van der Waals surface area contributed by atoms with Crippen molar-refractivity contribution < 1.29 is 17.9 Å². The molecule has 4 aromatic rings. The maximum Gasteiger partial charge on any atom is 0.264 e.